The highest BCUT2D eigenvalue weighted by molar-refractivity contribution is 5.90. The van der Waals surface area contributed by atoms with Gasteiger partial charge in [0, 0.05) is 5.56 Å². The molecular weight excluding hydrogens is 336 g/mol. The second kappa shape index (κ2) is 8.35. The summed E-state index contributed by atoms with van der Waals surface area (Å²) in [6, 6.07) is 16.1. The highest BCUT2D eigenvalue weighted by Gasteiger charge is 2.39. The third-order valence-electron chi connectivity index (χ3n) is 3.97. The monoisotopic (exact) mass is 356 g/mol. The van der Waals surface area contributed by atoms with Crippen molar-refractivity contribution in [2.75, 3.05) is 13.7 Å². The number of carbonyl (C=O) groups is 2. The predicted molar refractivity (Wildman–Crippen MR) is 93.0 cm³/mol. The molecule has 1 atom stereocenters. The highest BCUT2D eigenvalue weighted by Crippen LogP contribution is 2.20. The van der Waals surface area contributed by atoms with Crippen LogP contribution in [0.4, 0.5) is 4.79 Å². The van der Waals surface area contributed by atoms with E-state index in [0.29, 0.717) is 5.75 Å². The Morgan fingerprint density at radius 2 is 1.85 bits per heavy atom. The van der Waals surface area contributed by atoms with E-state index in [1.165, 1.54) is 5.06 Å². The van der Waals surface area contributed by atoms with E-state index in [4.69, 9.17) is 14.3 Å². The molecule has 0 saturated carbocycles. The van der Waals surface area contributed by atoms with Crippen LogP contribution in [0.1, 0.15) is 11.1 Å². The molecule has 0 spiro atoms. The Kier molecular flexibility index (Phi) is 5.70. The lowest BCUT2D eigenvalue weighted by Gasteiger charge is -2.36. The number of hydroxylamine groups is 2. The first-order valence-electron chi connectivity index (χ1n) is 8.21. The van der Waals surface area contributed by atoms with Crippen LogP contribution in [0.3, 0.4) is 0 Å². The Morgan fingerprint density at radius 3 is 2.58 bits per heavy atom. The minimum atomic E-state index is -0.629. The molecule has 1 unspecified atom stereocenters. The number of hydrogen-bond acceptors (Lipinski definition) is 5. The minimum Gasteiger partial charge on any atom is -0.496 e. The van der Waals surface area contributed by atoms with Crippen LogP contribution in [0.5, 0.6) is 5.75 Å². The van der Waals surface area contributed by atoms with Crippen molar-refractivity contribution < 1.29 is 23.9 Å². The summed E-state index contributed by atoms with van der Waals surface area (Å²) in [6.45, 7) is 0.636. The number of nitrogens with zero attached hydrogens (tertiary/aromatic N) is 1. The lowest BCUT2D eigenvalue weighted by molar-refractivity contribution is -0.218. The van der Waals surface area contributed by atoms with Gasteiger partial charge in [-0.1, -0.05) is 48.5 Å². The summed E-state index contributed by atoms with van der Waals surface area (Å²) in [5, 5.41) is 3.75. The Labute approximate surface area is 151 Å². The average molecular weight is 356 g/mol. The summed E-state index contributed by atoms with van der Waals surface area (Å²) in [7, 11) is 1.58. The molecule has 2 aromatic rings. The summed E-state index contributed by atoms with van der Waals surface area (Å²) in [6.07, 6.45) is -0.628. The SMILES string of the molecule is COc1ccccc1CON1CC(NC(=O)OCc2ccccc2)C1=O. The number of alkyl carbamates (subject to hydrolysis) is 1. The summed E-state index contributed by atoms with van der Waals surface area (Å²) in [4.78, 5) is 29.3. The molecule has 1 fully saturated rings. The van der Waals surface area contributed by atoms with Gasteiger partial charge >= 0.3 is 6.09 Å². The van der Waals surface area contributed by atoms with E-state index in [0.717, 1.165) is 11.1 Å². The summed E-state index contributed by atoms with van der Waals surface area (Å²) in [5.74, 6) is 0.385. The molecule has 1 heterocycles. The standard InChI is InChI=1S/C19H20N2O5/c1-24-17-10-6-5-9-15(17)13-26-21-11-16(18(21)22)20-19(23)25-12-14-7-3-2-4-8-14/h2-10,16H,11-13H2,1H3,(H,20,23). The van der Waals surface area contributed by atoms with Crippen LogP contribution in [0, 0.1) is 0 Å². The molecule has 1 N–H and O–H groups in total. The number of benzene rings is 2. The van der Waals surface area contributed by atoms with Crippen molar-refractivity contribution in [3.8, 4) is 5.75 Å². The van der Waals surface area contributed by atoms with E-state index in [9.17, 15) is 9.59 Å². The van der Waals surface area contributed by atoms with Crippen molar-refractivity contribution in [3.63, 3.8) is 0 Å². The van der Waals surface area contributed by atoms with Gasteiger partial charge in [0.15, 0.2) is 0 Å². The summed E-state index contributed by atoms with van der Waals surface area (Å²) >= 11 is 0. The second-order valence-electron chi connectivity index (χ2n) is 5.74. The van der Waals surface area contributed by atoms with Gasteiger partial charge in [-0.25, -0.2) is 9.86 Å². The van der Waals surface area contributed by atoms with Crippen LogP contribution in [-0.4, -0.2) is 36.8 Å². The number of para-hydroxylation sites is 1. The molecule has 2 amide bonds. The largest absolute Gasteiger partial charge is 0.496 e. The number of rotatable bonds is 7. The van der Waals surface area contributed by atoms with Gasteiger partial charge in [0.25, 0.3) is 5.91 Å². The Bertz CT molecular complexity index is 766. The maximum absolute atomic E-state index is 12.0. The van der Waals surface area contributed by atoms with Gasteiger partial charge in [-0.05, 0) is 11.6 Å². The zero-order chi connectivity index (χ0) is 18.4. The van der Waals surface area contributed by atoms with Crippen molar-refractivity contribution in [3.05, 3.63) is 65.7 Å². The molecule has 1 saturated heterocycles. The van der Waals surface area contributed by atoms with E-state index in [-0.39, 0.29) is 25.7 Å². The quantitative estimate of drug-likeness (QED) is 0.770. The number of hydrogen-bond donors (Lipinski definition) is 1. The van der Waals surface area contributed by atoms with Crippen LogP contribution in [0.25, 0.3) is 0 Å². The van der Waals surface area contributed by atoms with Crippen molar-refractivity contribution in [1.82, 2.24) is 10.4 Å². The highest BCUT2D eigenvalue weighted by atomic mass is 16.7. The molecule has 2 aromatic carbocycles. The van der Waals surface area contributed by atoms with Crippen LogP contribution < -0.4 is 10.1 Å². The van der Waals surface area contributed by atoms with Gasteiger partial charge in [-0.2, -0.15) is 0 Å². The maximum Gasteiger partial charge on any atom is 0.408 e. The molecule has 0 aliphatic carbocycles. The molecule has 26 heavy (non-hydrogen) atoms. The Hall–Kier alpha value is -3.06. The Morgan fingerprint density at radius 1 is 1.12 bits per heavy atom. The van der Waals surface area contributed by atoms with Gasteiger partial charge in [-0.15, -0.1) is 0 Å². The van der Waals surface area contributed by atoms with Crippen LogP contribution in [0.2, 0.25) is 0 Å². The third-order valence-corrected chi connectivity index (χ3v) is 3.97. The third kappa shape index (κ3) is 4.31. The van der Waals surface area contributed by atoms with Crippen molar-refractivity contribution >= 4 is 12.0 Å². The molecule has 7 nitrogen and oxygen atoms in total. The van der Waals surface area contributed by atoms with Crippen LogP contribution >= 0.6 is 0 Å². The number of ether oxygens (including phenoxy) is 2. The smallest absolute Gasteiger partial charge is 0.408 e. The second-order valence-corrected chi connectivity index (χ2v) is 5.74. The van der Waals surface area contributed by atoms with Crippen molar-refractivity contribution in [2.24, 2.45) is 0 Å². The normalized spacial score (nSPS) is 16.0. The van der Waals surface area contributed by atoms with Gasteiger partial charge in [0.2, 0.25) is 0 Å². The number of carbonyl (C=O) groups excluding carboxylic acids is 2. The molecule has 1 aliphatic rings. The first kappa shape index (κ1) is 17.8. The van der Waals surface area contributed by atoms with Gasteiger partial charge in [0.05, 0.1) is 13.7 Å². The number of methoxy groups -OCH3 is 1. The fourth-order valence-electron chi connectivity index (χ4n) is 2.50. The zero-order valence-electron chi connectivity index (χ0n) is 14.4. The molecule has 0 radical (unpaired) electrons. The van der Waals surface area contributed by atoms with Crippen LogP contribution in [-0.2, 0) is 27.6 Å². The topological polar surface area (TPSA) is 77.1 Å². The van der Waals surface area contributed by atoms with E-state index >= 15 is 0 Å². The van der Waals surface area contributed by atoms with E-state index < -0.39 is 12.1 Å². The van der Waals surface area contributed by atoms with Gasteiger partial charge in [-0.3, -0.25) is 9.63 Å². The molecule has 1 aliphatic heterocycles. The molecule has 0 aromatic heterocycles. The molecule has 7 heteroatoms. The number of amides is 2. The average Bonchev–Trinajstić information content (AvgIpc) is 2.69. The van der Waals surface area contributed by atoms with E-state index in [1.807, 2.05) is 54.6 Å². The zero-order valence-corrected chi connectivity index (χ0v) is 14.4. The fourth-order valence-corrected chi connectivity index (χ4v) is 2.50. The summed E-state index contributed by atoms with van der Waals surface area (Å²) in [5.41, 5.74) is 1.71. The minimum absolute atomic E-state index is 0.154. The maximum atomic E-state index is 12.0. The molecule has 3 rings (SSSR count). The predicted octanol–water partition coefficient (Wildman–Crippen LogP) is 2.26. The summed E-state index contributed by atoms with van der Waals surface area (Å²) < 4.78 is 10.3. The lowest BCUT2D eigenvalue weighted by atomic mass is 10.1. The van der Waals surface area contributed by atoms with Crippen molar-refractivity contribution in [1.29, 1.82) is 0 Å². The van der Waals surface area contributed by atoms with Gasteiger partial charge in [0.1, 0.15) is 25.0 Å². The van der Waals surface area contributed by atoms with Crippen LogP contribution in [0.15, 0.2) is 54.6 Å². The van der Waals surface area contributed by atoms with Gasteiger partial charge < -0.3 is 14.8 Å². The van der Waals surface area contributed by atoms with E-state index in [2.05, 4.69) is 5.32 Å². The first-order valence-corrected chi connectivity index (χ1v) is 8.21. The van der Waals surface area contributed by atoms with Crippen molar-refractivity contribution in [2.45, 2.75) is 19.3 Å². The molecular formula is C19H20N2O5. The van der Waals surface area contributed by atoms with E-state index in [1.54, 1.807) is 7.11 Å². The number of nitrogens with one attached hydrogen (secondary N) is 1. The number of β-lactam (4-membered cyclic amide) rings is 1. The first-order chi connectivity index (χ1) is 12.7. The lowest BCUT2D eigenvalue weighted by Crippen LogP contribution is -2.63. The molecule has 0 bridgehead atoms. The Balaban J connectivity index is 1.40. The molecule has 136 valence electrons. The fraction of sp³-hybridized carbons (Fsp3) is 0.263.